The van der Waals surface area contributed by atoms with Gasteiger partial charge in [-0.25, -0.2) is 4.98 Å². The van der Waals surface area contributed by atoms with E-state index in [4.69, 9.17) is 12.2 Å². The zero-order chi connectivity index (χ0) is 16.7. The molecule has 3 heterocycles. The highest BCUT2D eigenvalue weighted by atomic mass is 32.1. The molecule has 1 aliphatic heterocycles. The lowest BCUT2D eigenvalue weighted by Crippen LogP contribution is -2.35. The summed E-state index contributed by atoms with van der Waals surface area (Å²) in [6.07, 6.45) is 0.752. The van der Waals surface area contributed by atoms with Crippen LogP contribution in [0.5, 0.6) is 5.75 Å². The van der Waals surface area contributed by atoms with E-state index in [1.54, 1.807) is 12.1 Å². The van der Waals surface area contributed by atoms with E-state index in [1.165, 1.54) is 0 Å². The van der Waals surface area contributed by atoms with Gasteiger partial charge in [0, 0.05) is 37.1 Å². The molecule has 0 saturated carbocycles. The Hall–Kier alpha value is -2.51. The number of fused-ring (bicyclic) bond motifs is 2. The van der Waals surface area contributed by atoms with E-state index < -0.39 is 0 Å². The van der Waals surface area contributed by atoms with Gasteiger partial charge in [0.05, 0.1) is 11.3 Å². The summed E-state index contributed by atoms with van der Waals surface area (Å²) in [6.45, 7) is 2.00. The van der Waals surface area contributed by atoms with E-state index in [9.17, 15) is 9.90 Å². The highest BCUT2D eigenvalue weighted by molar-refractivity contribution is 7.71. The number of phenolic OH excluding ortho intramolecular Hbond substituents is 1. The number of pyridine rings is 1. The van der Waals surface area contributed by atoms with Gasteiger partial charge in [0.25, 0.3) is 5.56 Å². The summed E-state index contributed by atoms with van der Waals surface area (Å²) < 4.78 is 0.374. The summed E-state index contributed by atoms with van der Waals surface area (Å²) in [5.74, 6) is 0.183. The van der Waals surface area contributed by atoms with Crippen molar-refractivity contribution < 1.29 is 5.11 Å². The van der Waals surface area contributed by atoms with Gasteiger partial charge in [-0.2, -0.15) is 0 Å². The van der Waals surface area contributed by atoms with E-state index in [2.05, 4.69) is 19.9 Å². The largest absolute Gasteiger partial charge is 0.506 e. The number of H-pyrrole nitrogens is 2. The van der Waals surface area contributed by atoms with Gasteiger partial charge < -0.3 is 10.1 Å². The highest BCUT2D eigenvalue weighted by Gasteiger charge is 2.20. The second-order valence-electron chi connectivity index (χ2n) is 5.98. The van der Waals surface area contributed by atoms with Crippen molar-refractivity contribution in [3.8, 4) is 5.75 Å². The average molecular weight is 340 g/mol. The lowest BCUT2D eigenvalue weighted by atomic mass is 10.1. The molecule has 24 heavy (non-hydrogen) atoms. The predicted molar refractivity (Wildman–Crippen MR) is 93.5 cm³/mol. The summed E-state index contributed by atoms with van der Waals surface area (Å²) in [6, 6.07) is 9.28. The van der Waals surface area contributed by atoms with Crippen molar-refractivity contribution in [3.05, 3.63) is 62.4 Å². The number of nitrogens with one attached hydrogen (secondary N) is 2. The monoisotopic (exact) mass is 340 g/mol. The van der Waals surface area contributed by atoms with Crippen LogP contribution in [0.15, 0.2) is 35.1 Å². The molecule has 122 valence electrons. The quantitative estimate of drug-likeness (QED) is 0.623. The normalized spacial score (nSPS) is 14.7. The molecule has 1 aromatic carbocycles. The minimum absolute atomic E-state index is 0.123. The minimum atomic E-state index is -0.123. The van der Waals surface area contributed by atoms with Crippen LogP contribution in [0.1, 0.15) is 17.0 Å². The molecule has 0 saturated heterocycles. The molecular formula is C17H16N4O2S. The van der Waals surface area contributed by atoms with Gasteiger partial charge in [-0.05, 0) is 24.4 Å². The van der Waals surface area contributed by atoms with Gasteiger partial charge in [0.1, 0.15) is 11.3 Å². The number of phenols is 1. The number of hydrogen-bond donors (Lipinski definition) is 3. The van der Waals surface area contributed by atoms with E-state index in [0.717, 1.165) is 35.3 Å². The van der Waals surface area contributed by atoms with Crippen molar-refractivity contribution in [1.82, 2.24) is 19.9 Å². The SMILES string of the molecule is O=c1[nH]c(=S)[nH]c2c1CN(Cc1ccc3cccc(O)c3n1)CC2. The molecule has 0 atom stereocenters. The summed E-state index contributed by atoms with van der Waals surface area (Å²) in [7, 11) is 0. The Labute approximate surface area is 142 Å². The molecule has 0 bridgehead atoms. The standard InChI is InChI=1S/C17H16N4O2S/c22-14-3-1-2-10-4-5-11(18-15(10)14)8-21-7-6-13-12(9-21)16(23)20-17(24)19-13/h1-5,22H,6-9H2,(H2,19,20,23,24). The molecule has 1 aliphatic rings. The van der Waals surface area contributed by atoms with Crippen LogP contribution in [0.3, 0.4) is 0 Å². The minimum Gasteiger partial charge on any atom is -0.506 e. The van der Waals surface area contributed by atoms with E-state index in [1.807, 2.05) is 18.2 Å². The van der Waals surface area contributed by atoms with Crippen LogP contribution < -0.4 is 5.56 Å². The third-order valence-electron chi connectivity index (χ3n) is 4.33. The van der Waals surface area contributed by atoms with Crippen molar-refractivity contribution in [3.63, 3.8) is 0 Å². The maximum absolute atomic E-state index is 12.1. The number of benzene rings is 1. The molecule has 3 aromatic rings. The summed E-state index contributed by atoms with van der Waals surface area (Å²) in [5, 5.41) is 10.9. The van der Waals surface area contributed by atoms with Crippen LogP contribution in [-0.4, -0.2) is 31.5 Å². The first-order chi connectivity index (χ1) is 11.6. The van der Waals surface area contributed by atoms with Crippen LogP contribution in [0.4, 0.5) is 0 Å². The topological polar surface area (TPSA) is 85.0 Å². The maximum atomic E-state index is 12.1. The summed E-state index contributed by atoms with van der Waals surface area (Å²) in [5.41, 5.74) is 3.01. The van der Waals surface area contributed by atoms with Gasteiger partial charge in [-0.3, -0.25) is 14.7 Å². The fraction of sp³-hybridized carbons (Fsp3) is 0.235. The molecule has 2 aromatic heterocycles. The molecule has 0 radical (unpaired) electrons. The molecule has 0 unspecified atom stereocenters. The lowest BCUT2D eigenvalue weighted by molar-refractivity contribution is 0.239. The first-order valence-corrected chi connectivity index (χ1v) is 8.15. The van der Waals surface area contributed by atoms with Crippen molar-refractivity contribution in [1.29, 1.82) is 0 Å². The molecule has 0 amide bonds. The Balaban J connectivity index is 1.61. The van der Waals surface area contributed by atoms with Crippen LogP contribution in [0.2, 0.25) is 0 Å². The van der Waals surface area contributed by atoms with E-state index in [-0.39, 0.29) is 11.3 Å². The van der Waals surface area contributed by atoms with Gasteiger partial charge in [-0.15, -0.1) is 0 Å². The van der Waals surface area contributed by atoms with Gasteiger partial charge >= 0.3 is 0 Å². The molecule has 4 rings (SSSR count). The van der Waals surface area contributed by atoms with Gasteiger partial charge in [0.2, 0.25) is 0 Å². The summed E-state index contributed by atoms with van der Waals surface area (Å²) in [4.78, 5) is 24.5. The number of para-hydroxylation sites is 1. The number of aromatic amines is 2. The highest BCUT2D eigenvalue weighted by Crippen LogP contribution is 2.23. The molecule has 3 N–H and O–H groups in total. The first-order valence-electron chi connectivity index (χ1n) is 7.74. The average Bonchev–Trinajstić information content (AvgIpc) is 2.56. The second-order valence-corrected chi connectivity index (χ2v) is 6.39. The van der Waals surface area contributed by atoms with E-state index in [0.29, 0.717) is 23.4 Å². The van der Waals surface area contributed by atoms with Crippen molar-refractivity contribution in [2.45, 2.75) is 19.5 Å². The van der Waals surface area contributed by atoms with Gasteiger partial charge in [-0.1, -0.05) is 18.2 Å². The zero-order valence-corrected chi connectivity index (χ0v) is 13.7. The number of hydrogen-bond acceptors (Lipinski definition) is 5. The van der Waals surface area contributed by atoms with Crippen LogP contribution in [0, 0.1) is 4.77 Å². The van der Waals surface area contributed by atoms with Crippen LogP contribution >= 0.6 is 12.2 Å². The van der Waals surface area contributed by atoms with E-state index >= 15 is 0 Å². The van der Waals surface area contributed by atoms with Crippen LogP contribution in [-0.2, 0) is 19.5 Å². The van der Waals surface area contributed by atoms with Crippen molar-refractivity contribution in [2.75, 3.05) is 6.54 Å². The molecule has 0 aliphatic carbocycles. The molecule has 6 nitrogen and oxygen atoms in total. The van der Waals surface area contributed by atoms with Crippen molar-refractivity contribution >= 4 is 23.1 Å². The maximum Gasteiger partial charge on any atom is 0.256 e. The zero-order valence-electron chi connectivity index (χ0n) is 12.9. The Bertz CT molecular complexity index is 1040. The fourth-order valence-corrected chi connectivity index (χ4v) is 3.35. The number of aromatic nitrogens is 3. The Kier molecular flexibility index (Phi) is 3.66. The predicted octanol–water partition coefficient (Wildman–Crippen LogP) is 2.24. The molecule has 0 fully saturated rings. The third-order valence-corrected chi connectivity index (χ3v) is 4.54. The summed E-state index contributed by atoms with van der Waals surface area (Å²) >= 11 is 5.02. The third kappa shape index (κ3) is 2.72. The molecule has 0 spiro atoms. The Morgan fingerprint density at radius 3 is 3.00 bits per heavy atom. The number of rotatable bonds is 2. The second kappa shape index (κ2) is 5.85. The first kappa shape index (κ1) is 15.0. The van der Waals surface area contributed by atoms with Crippen LogP contribution in [0.25, 0.3) is 10.9 Å². The Morgan fingerprint density at radius 2 is 2.12 bits per heavy atom. The molecular weight excluding hydrogens is 324 g/mol. The molecule has 7 heteroatoms. The number of nitrogens with zero attached hydrogens (tertiary/aromatic N) is 2. The van der Waals surface area contributed by atoms with Gasteiger partial charge in [0.15, 0.2) is 4.77 Å². The number of aromatic hydroxyl groups is 1. The van der Waals surface area contributed by atoms with Crippen molar-refractivity contribution in [2.24, 2.45) is 0 Å². The Morgan fingerprint density at radius 1 is 1.25 bits per heavy atom. The smallest absolute Gasteiger partial charge is 0.256 e. The fourth-order valence-electron chi connectivity index (χ4n) is 3.14. The lowest BCUT2D eigenvalue weighted by Gasteiger charge is -2.27.